The van der Waals surface area contributed by atoms with Crippen molar-refractivity contribution in [2.24, 2.45) is 5.41 Å². The molecule has 0 spiro atoms. The Labute approximate surface area is 191 Å². The first-order chi connectivity index (χ1) is 15.5. The maximum Gasteiger partial charge on any atom is 0.425 e. The number of fused-ring (bicyclic) bond motifs is 1. The summed E-state index contributed by atoms with van der Waals surface area (Å²) in [5, 5.41) is 2.33. The van der Waals surface area contributed by atoms with E-state index in [1.54, 1.807) is 54.6 Å². The zero-order valence-corrected chi connectivity index (χ0v) is 18.7. The smallest absolute Gasteiger partial charge is 0.336 e. The molecule has 1 aliphatic heterocycles. The van der Waals surface area contributed by atoms with Crippen LogP contribution in [0.25, 0.3) is 10.2 Å². The molecule has 0 radical (unpaired) electrons. The molecule has 3 aromatic rings. The minimum atomic E-state index is -5.08. The molecule has 1 amide bonds. The topological polar surface area (TPSA) is 62.3 Å². The van der Waals surface area contributed by atoms with Crippen LogP contribution in [0.1, 0.15) is 26.7 Å². The van der Waals surface area contributed by atoms with Gasteiger partial charge >= 0.3 is 6.18 Å². The van der Waals surface area contributed by atoms with E-state index in [-0.39, 0.29) is 29.4 Å². The number of amides is 1. The van der Waals surface area contributed by atoms with Crippen LogP contribution in [0.4, 0.5) is 24.0 Å². The monoisotopic (exact) mass is 471 g/mol. The number of thiazole rings is 1. The summed E-state index contributed by atoms with van der Waals surface area (Å²) in [5.41, 5.74) is -3.42. The molecule has 1 atom stereocenters. The number of nitrogens with one attached hydrogen (secondary N) is 1. The number of carbonyl (C=O) groups is 2. The second-order valence-corrected chi connectivity index (χ2v) is 10.1. The van der Waals surface area contributed by atoms with E-state index in [1.165, 1.54) is 0 Å². The lowest BCUT2D eigenvalue weighted by Crippen LogP contribution is -2.61. The van der Waals surface area contributed by atoms with Gasteiger partial charge in [0.2, 0.25) is 5.54 Å². The standard InChI is InChI=1S/C24H20F3N3O2S/c1-22(2)12-16-19(17(31)13-22)23(24(25,26)27,20(32)30(16)14-8-4-3-5-9-14)29-21-28-15-10-6-7-11-18(15)33-21/h3-11H,12-13H2,1-2H3,(H,28,29)/t23-/m1/s1. The van der Waals surface area contributed by atoms with Gasteiger partial charge in [0.25, 0.3) is 5.91 Å². The van der Waals surface area contributed by atoms with Crippen molar-refractivity contribution in [1.82, 2.24) is 4.98 Å². The van der Waals surface area contributed by atoms with Crippen LogP contribution in [0.3, 0.4) is 0 Å². The van der Waals surface area contributed by atoms with Crippen molar-refractivity contribution >= 4 is 44.1 Å². The van der Waals surface area contributed by atoms with Gasteiger partial charge in [-0.2, -0.15) is 13.2 Å². The van der Waals surface area contributed by atoms with E-state index in [0.29, 0.717) is 10.2 Å². The van der Waals surface area contributed by atoms with E-state index in [4.69, 9.17) is 0 Å². The van der Waals surface area contributed by atoms with Gasteiger partial charge in [0.1, 0.15) is 0 Å². The summed E-state index contributed by atoms with van der Waals surface area (Å²) in [6.07, 6.45) is -5.00. The van der Waals surface area contributed by atoms with Crippen LogP contribution in [-0.4, -0.2) is 28.4 Å². The number of aromatic nitrogens is 1. The highest BCUT2D eigenvalue weighted by Crippen LogP contribution is 2.54. The van der Waals surface area contributed by atoms with Gasteiger partial charge in [0.05, 0.1) is 15.8 Å². The van der Waals surface area contributed by atoms with E-state index in [2.05, 4.69) is 10.3 Å². The Kier molecular flexibility index (Phi) is 4.69. The molecule has 9 heteroatoms. The SMILES string of the molecule is CC1(C)CC(=O)C2=C(C1)N(c1ccccc1)C(=O)[C@@]2(Nc1nc2ccccc2s1)C(F)(F)F. The lowest BCUT2D eigenvalue weighted by molar-refractivity contribution is -0.175. The fourth-order valence-electron chi connectivity index (χ4n) is 4.69. The number of anilines is 2. The maximum absolute atomic E-state index is 14.9. The van der Waals surface area contributed by atoms with E-state index < -0.39 is 34.4 Å². The first-order valence-electron chi connectivity index (χ1n) is 10.4. The van der Waals surface area contributed by atoms with Gasteiger partial charge in [-0.1, -0.05) is 55.5 Å². The minimum absolute atomic E-state index is 0.0683. The predicted octanol–water partition coefficient (Wildman–Crippen LogP) is 5.70. The van der Waals surface area contributed by atoms with Crippen molar-refractivity contribution in [3.05, 3.63) is 65.9 Å². The van der Waals surface area contributed by atoms with Crippen LogP contribution in [0.15, 0.2) is 65.9 Å². The van der Waals surface area contributed by atoms with Gasteiger partial charge in [0, 0.05) is 17.8 Å². The number of hydrogen-bond donors (Lipinski definition) is 1. The Bertz CT molecular complexity index is 1280. The molecule has 2 aliphatic rings. The molecule has 1 aliphatic carbocycles. The number of hydrogen-bond acceptors (Lipinski definition) is 5. The van der Waals surface area contributed by atoms with Crippen LogP contribution in [0.2, 0.25) is 0 Å². The lowest BCUT2D eigenvalue weighted by atomic mass is 9.72. The van der Waals surface area contributed by atoms with E-state index >= 15 is 0 Å². The molecule has 0 saturated heterocycles. The summed E-state index contributed by atoms with van der Waals surface area (Å²) in [4.78, 5) is 32.3. The normalized spacial score (nSPS) is 22.8. The third-order valence-electron chi connectivity index (χ3n) is 6.05. The Morgan fingerprint density at radius 2 is 1.67 bits per heavy atom. The molecule has 0 fully saturated rings. The van der Waals surface area contributed by atoms with E-state index in [1.807, 2.05) is 13.8 Å². The molecule has 2 aromatic carbocycles. The van der Waals surface area contributed by atoms with Crippen LogP contribution in [0.5, 0.6) is 0 Å². The second-order valence-electron chi connectivity index (χ2n) is 9.10. The van der Waals surface area contributed by atoms with Crippen LogP contribution >= 0.6 is 11.3 Å². The van der Waals surface area contributed by atoms with Crippen LogP contribution < -0.4 is 10.2 Å². The Morgan fingerprint density at radius 1 is 1.00 bits per heavy atom. The van der Waals surface area contributed by atoms with E-state index in [9.17, 15) is 22.8 Å². The first kappa shape index (κ1) is 21.6. The maximum atomic E-state index is 14.9. The molecular formula is C24H20F3N3O2S. The largest absolute Gasteiger partial charge is 0.425 e. The Balaban J connectivity index is 1.75. The summed E-state index contributed by atoms with van der Waals surface area (Å²) in [6, 6.07) is 15.1. The van der Waals surface area contributed by atoms with Crippen molar-refractivity contribution in [3.8, 4) is 0 Å². The quantitative estimate of drug-likeness (QED) is 0.532. The van der Waals surface area contributed by atoms with Gasteiger partial charge in [-0.25, -0.2) is 4.98 Å². The number of ketones is 1. The summed E-state index contributed by atoms with van der Waals surface area (Å²) >= 11 is 1.01. The molecule has 0 saturated carbocycles. The fraction of sp³-hybridized carbons (Fsp3) is 0.292. The van der Waals surface area contributed by atoms with Crippen molar-refractivity contribution in [1.29, 1.82) is 0 Å². The van der Waals surface area contributed by atoms with Crippen molar-refractivity contribution < 1.29 is 22.8 Å². The molecule has 0 bridgehead atoms. The van der Waals surface area contributed by atoms with E-state index in [0.717, 1.165) is 16.2 Å². The first-order valence-corrected chi connectivity index (χ1v) is 11.2. The summed E-state index contributed by atoms with van der Waals surface area (Å²) in [6.45, 7) is 3.63. The number of benzene rings is 2. The summed E-state index contributed by atoms with van der Waals surface area (Å²) in [7, 11) is 0. The summed E-state index contributed by atoms with van der Waals surface area (Å²) < 4.78 is 45.4. The van der Waals surface area contributed by atoms with Gasteiger partial charge in [0.15, 0.2) is 10.9 Å². The molecule has 1 aromatic heterocycles. The van der Waals surface area contributed by atoms with Gasteiger partial charge in [-0.05, 0) is 36.1 Å². The molecule has 170 valence electrons. The van der Waals surface area contributed by atoms with Crippen molar-refractivity contribution in [2.75, 3.05) is 10.2 Å². The average molecular weight is 472 g/mol. The number of Topliss-reactive ketones (excluding diaryl/α,β-unsaturated/α-hetero) is 1. The Hall–Kier alpha value is -3.20. The molecule has 33 heavy (non-hydrogen) atoms. The zero-order valence-electron chi connectivity index (χ0n) is 17.9. The fourth-order valence-corrected chi connectivity index (χ4v) is 5.61. The van der Waals surface area contributed by atoms with Crippen LogP contribution in [0, 0.1) is 5.41 Å². The van der Waals surface area contributed by atoms with Gasteiger partial charge < -0.3 is 5.32 Å². The van der Waals surface area contributed by atoms with Crippen molar-refractivity contribution in [3.63, 3.8) is 0 Å². The van der Waals surface area contributed by atoms with Gasteiger partial charge in [-0.3, -0.25) is 14.5 Å². The number of halogens is 3. The number of nitrogens with zero attached hydrogens (tertiary/aromatic N) is 2. The Morgan fingerprint density at radius 3 is 2.33 bits per heavy atom. The molecule has 2 heterocycles. The average Bonchev–Trinajstić information content (AvgIpc) is 3.24. The number of rotatable bonds is 3. The molecular weight excluding hydrogens is 451 g/mol. The van der Waals surface area contributed by atoms with Crippen molar-refractivity contribution in [2.45, 2.75) is 38.4 Å². The molecule has 5 rings (SSSR count). The third kappa shape index (κ3) is 3.25. The van der Waals surface area contributed by atoms with Crippen LogP contribution in [-0.2, 0) is 9.59 Å². The number of para-hydroxylation sites is 2. The number of carbonyl (C=O) groups excluding carboxylic acids is 2. The highest BCUT2D eigenvalue weighted by atomic mass is 32.1. The number of alkyl halides is 3. The molecule has 1 N–H and O–H groups in total. The third-order valence-corrected chi connectivity index (χ3v) is 7.00. The minimum Gasteiger partial charge on any atom is -0.336 e. The summed E-state index contributed by atoms with van der Waals surface area (Å²) in [5.74, 6) is -1.92. The zero-order chi connectivity index (χ0) is 23.6. The lowest BCUT2D eigenvalue weighted by Gasteiger charge is -2.35. The molecule has 0 unspecified atom stereocenters. The highest BCUT2D eigenvalue weighted by molar-refractivity contribution is 7.22. The highest BCUT2D eigenvalue weighted by Gasteiger charge is 2.71. The molecule has 5 nitrogen and oxygen atoms in total. The predicted molar refractivity (Wildman–Crippen MR) is 121 cm³/mol. The second kappa shape index (κ2) is 7.15. The van der Waals surface area contributed by atoms with Gasteiger partial charge in [-0.15, -0.1) is 0 Å². The number of allylic oxidation sites excluding steroid dienone is 1.